The molecule has 3 aliphatic heterocycles. The minimum absolute atomic E-state index is 0.0162. The number of aliphatic hydroxyl groups is 1. The van der Waals surface area contributed by atoms with Gasteiger partial charge in [-0.3, -0.25) is 82.0 Å². The van der Waals surface area contributed by atoms with Gasteiger partial charge in [0.1, 0.15) is 78.0 Å². The number of rotatable bonds is 23. The fraction of sp³-hybridized carbons (Fsp3) is 0.523. The third kappa shape index (κ3) is 28.8. The Morgan fingerprint density at radius 1 is 0.694 bits per heavy atom. The molecule has 0 radical (unpaired) electrons. The highest BCUT2D eigenvalue weighted by atomic mass is 127. The van der Waals surface area contributed by atoms with Gasteiger partial charge < -0.3 is 123 Å². The van der Waals surface area contributed by atoms with Crippen molar-refractivity contribution in [2.45, 2.75) is 181 Å². The first kappa shape index (κ1) is 89.0. The van der Waals surface area contributed by atoms with Gasteiger partial charge in [-0.25, -0.2) is 4.79 Å². The summed E-state index contributed by atoms with van der Waals surface area (Å²) >= 11 is 1.79. The van der Waals surface area contributed by atoms with Gasteiger partial charge in [0.15, 0.2) is 11.3 Å². The Kier molecular flexibility index (Phi) is 34.9. The van der Waals surface area contributed by atoms with Gasteiger partial charge in [-0.1, -0.05) is 45.0 Å². The Morgan fingerprint density at radius 2 is 1.30 bits per heavy atom. The lowest BCUT2D eigenvalue weighted by Gasteiger charge is -2.31. The molecule has 4 heterocycles. The number of nitrogens with two attached hydrogens (primary N) is 5. The van der Waals surface area contributed by atoms with E-state index in [4.69, 9.17) is 34.1 Å². The number of amides is 16. The van der Waals surface area contributed by atoms with E-state index in [1.165, 1.54) is 53.3 Å². The number of urea groups is 1. The van der Waals surface area contributed by atoms with E-state index in [9.17, 15) is 78.0 Å². The van der Waals surface area contributed by atoms with Crippen LogP contribution < -0.4 is 97.8 Å². The largest absolute Gasteiger partial charge is 0.508 e. The number of fused-ring (bicyclic) bond motifs is 8. The highest BCUT2D eigenvalue weighted by Gasteiger charge is 2.43. The van der Waals surface area contributed by atoms with E-state index >= 15 is 19.2 Å². The molecule has 3 aliphatic rings. The average Bonchev–Trinajstić information content (AvgIpc) is 1.75. The lowest BCUT2D eigenvalue weighted by Crippen LogP contribution is -2.61. The zero-order valence-electron chi connectivity index (χ0n) is 60.0. The van der Waals surface area contributed by atoms with Crippen molar-refractivity contribution in [2.75, 3.05) is 31.9 Å². The molecule has 6 rings (SSSR count). The summed E-state index contributed by atoms with van der Waals surface area (Å²) in [5.74, 6) is -19.3. The summed E-state index contributed by atoms with van der Waals surface area (Å²) in [5, 5.41) is 88.1. The maximum absolute atomic E-state index is 15.2. The van der Waals surface area contributed by atoms with E-state index in [0.29, 0.717) is 27.2 Å². The summed E-state index contributed by atoms with van der Waals surface area (Å²) < 4.78 is 1.51. The molecule has 1 saturated heterocycles. The van der Waals surface area contributed by atoms with Crippen molar-refractivity contribution in [3.05, 3.63) is 69.1 Å². The monoisotopic (exact) mass is 1710 g/mol. The fourth-order valence-electron chi connectivity index (χ4n) is 11.7. The molecule has 46 heteroatoms. The topological polar surface area (TPSA) is 698 Å². The number of aliphatic hydroxyl groups excluding tert-OH is 1. The molecule has 3 aromatic rings. The summed E-state index contributed by atoms with van der Waals surface area (Å²) in [7, 11) is 0.919. The lowest BCUT2D eigenvalue weighted by molar-refractivity contribution is -0.146. The Hall–Kier alpha value is -10.9. The van der Waals surface area contributed by atoms with Crippen molar-refractivity contribution in [3.8, 4) is 11.5 Å². The quantitative estimate of drug-likeness (QED) is 0.0138. The zero-order valence-corrected chi connectivity index (χ0v) is 63.7. The van der Waals surface area contributed by atoms with Crippen molar-refractivity contribution in [1.29, 1.82) is 5.41 Å². The fourth-order valence-corrected chi connectivity index (χ4v) is 14.6. The number of primary amides is 3. The second-order valence-electron chi connectivity index (χ2n) is 26.1. The van der Waals surface area contributed by atoms with E-state index in [-0.39, 0.29) is 110 Å². The third-order valence-electron chi connectivity index (χ3n) is 17.4. The maximum Gasteiger partial charge on any atom is 0.312 e. The number of phenolic OH excluding ortho intramolecular Hbond substituents is 2. The van der Waals surface area contributed by atoms with Crippen LogP contribution in [0.4, 0.5) is 4.79 Å². The van der Waals surface area contributed by atoms with Crippen molar-refractivity contribution in [1.82, 2.24) is 89.0 Å². The lowest BCUT2D eigenvalue weighted by atomic mass is 10.0. The second-order valence-corrected chi connectivity index (χ2v) is 29.8. The van der Waals surface area contributed by atoms with Crippen LogP contribution >= 0.6 is 44.2 Å². The number of guanidine groups is 1. The van der Waals surface area contributed by atoms with Crippen LogP contribution in [-0.2, 0) is 97.7 Å². The van der Waals surface area contributed by atoms with Crippen LogP contribution in [0.5, 0.6) is 11.5 Å². The first-order valence-electron chi connectivity index (χ1n) is 34.9. The molecule has 0 spiro atoms. The minimum Gasteiger partial charge on any atom is -0.508 e. The molecular formula is C65H92IN23O20S2. The average molecular weight is 1710 g/mol. The van der Waals surface area contributed by atoms with Crippen molar-refractivity contribution < 1.29 is 97.1 Å². The van der Waals surface area contributed by atoms with Gasteiger partial charge in [-0.05, 0) is 123 Å². The number of aliphatic carboxylic acids is 1. The van der Waals surface area contributed by atoms with E-state index in [1.807, 2.05) is 0 Å². The Bertz CT molecular complexity index is 3920. The first-order valence-corrected chi connectivity index (χ1v) is 38.4. The van der Waals surface area contributed by atoms with Gasteiger partial charge in [0.25, 0.3) is 5.91 Å². The standard InChI is InChI=1S/C65H92IN23O20S2/c1-30(90)50-60(106)82-43(26-49(95)96)63(108)89-21-5-9-45(89)59(105)79-37(6-2-18-73-64(70)71)52(98)77-38-8-4-20-88-28-33(86-87-88)25-42(75-48(94)27-67)57(103)85-62(61(107)84-50)111-110-29-44(58(104)80-40(51(69)97)23-31-10-13-34(91)14-11-31)83-55(101)39(15-17-47(68)93)78-56(102)41(24-32-12-16-46(92)35(66)22-32)81-54(100)36(76-53(38)99)7-3-19-74-65(72)109/h10-14,16,22,28,30,36-45,50,62,90-92H,2-9,15,17-21,23-27,29,67H2,1H3,(H2,68,93)(H2,69,97)(H,75,94)(H,76,99)(H,77,98)(H,78,102)(H,79,105)(H,80,104)(H,81,100)(H,82,106)(H,83,101)(H,84,107)(H,85,103)(H,95,96)(H4,70,71,73)(H3,72,74,109)/t30-,36+,37+,38?,39+,40+,41?,42+,43+,44+,45+,50+,62+/m1/s1. The van der Waals surface area contributed by atoms with E-state index < -0.39 is 223 Å². The van der Waals surface area contributed by atoms with Gasteiger partial charge >= 0.3 is 12.0 Å². The van der Waals surface area contributed by atoms with Crippen LogP contribution in [-0.4, -0.2) is 251 Å². The Labute approximate surface area is 655 Å². The molecule has 0 aliphatic carbocycles. The number of phenols is 2. The molecule has 606 valence electrons. The number of carboxylic acid groups (broad SMARTS) is 1. The molecule has 2 aromatic carbocycles. The SMILES string of the molecule is C[C@@H](O)[C@@H]1NC(=O)[C@H]2NC(=O)[C@@H](NC(=O)CN)Cc3cn(nn3)CCCC(NC(=O)[C@H](CCCNC(=N)N)NC(=O)[C@@H]3CCCN3C(=O)[C@H](CC(=O)O)NC1=O)C(=O)N[C@@H](CCCNC(N)=O)C(=O)NC(Cc1ccc(O)c(I)c1)C(=O)N[C@@H](CCC(N)=O)C(=O)N[C@H](C(=O)N[C@@H](Cc1ccc(O)cc1)C(N)=O)CSS2. The molecule has 16 amide bonds. The molecule has 1 fully saturated rings. The zero-order chi connectivity index (χ0) is 81.8. The van der Waals surface area contributed by atoms with Gasteiger partial charge in [0.2, 0.25) is 76.8 Å². The summed E-state index contributed by atoms with van der Waals surface area (Å²) in [6, 6.07) is -11.2. The van der Waals surface area contributed by atoms with Crippen molar-refractivity contribution >= 4 is 145 Å². The van der Waals surface area contributed by atoms with Crippen LogP contribution in [0.25, 0.3) is 0 Å². The number of carboxylic acids is 1. The molecule has 4 bridgehead atoms. The Morgan fingerprint density at radius 3 is 1.93 bits per heavy atom. The van der Waals surface area contributed by atoms with Gasteiger partial charge in [0.05, 0.1) is 28.3 Å². The molecule has 1 aromatic heterocycles. The number of aryl methyl sites for hydroxylation is 1. The van der Waals surface area contributed by atoms with Gasteiger partial charge in [-0.15, -0.1) is 5.10 Å². The number of benzene rings is 2. The smallest absolute Gasteiger partial charge is 0.312 e. The van der Waals surface area contributed by atoms with Crippen LogP contribution in [0.2, 0.25) is 0 Å². The van der Waals surface area contributed by atoms with E-state index in [2.05, 4.69) is 79.4 Å². The van der Waals surface area contributed by atoms with Crippen LogP contribution in [0, 0.1) is 8.98 Å². The minimum atomic E-state index is -2.16. The maximum atomic E-state index is 15.2. The van der Waals surface area contributed by atoms with Crippen LogP contribution in [0.15, 0.2) is 48.7 Å². The van der Waals surface area contributed by atoms with Crippen molar-refractivity contribution in [2.24, 2.45) is 28.7 Å². The molecule has 43 nitrogen and oxygen atoms in total. The van der Waals surface area contributed by atoms with Crippen molar-refractivity contribution in [3.63, 3.8) is 0 Å². The molecule has 28 N–H and O–H groups in total. The normalized spacial score (nSPS) is 23.8. The number of carbonyl (C=O) groups excluding carboxylic acids is 15. The first-order chi connectivity index (χ1) is 52.6. The number of aromatic nitrogens is 3. The molecular weight excluding hydrogens is 1610 g/mol. The number of nitrogens with one attached hydrogen (secondary N) is 14. The number of nitrogens with zero attached hydrogens (tertiary/aromatic N) is 4. The number of aromatic hydroxyl groups is 2. The predicted octanol–water partition coefficient (Wildman–Crippen LogP) is -7.93. The molecule has 0 saturated carbocycles. The van der Waals surface area contributed by atoms with Gasteiger partial charge in [-0.2, -0.15) is 0 Å². The third-order valence-corrected chi connectivity index (χ3v) is 20.8. The van der Waals surface area contributed by atoms with Crippen LogP contribution in [0.3, 0.4) is 0 Å². The number of hydrogen-bond donors (Lipinski definition) is 23. The number of carbonyl (C=O) groups is 16. The second kappa shape index (κ2) is 43.5. The Balaban J connectivity index is 1.60. The summed E-state index contributed by atoms with van der Waals surface area (Å²) in [5.41, 5.74) is 28.6. The van der Waals surface area contributed by atoms with Gasteiger partial charge in [0, 0.05) is 63.8 Å². The summed E-state index contributed by atoms with van der Waals surface area (Å²) in [4.78, 5) is 228. The number of halogens is 1. The number of hydrogen-bond acceptors (Lipinski definition) is 25. The molecule has 13 atom stereocenters. The highest BCUT2D eigenvalue weighted by Crippen LogP contribution is 2.29. The van der Waals surface area contributed by atoms with E-state index in [1.54, 1.807) is 22.6 Å². The molecule has 111 heavy (non-hydrogen) atoms. The van der Waals surface area contributed by atoms with E-state index in [0.717, 1.165) is 11.8 Å². The summed E-state index contributed by atoms with van der Waals surface area (Å²) in [6.45, 7) is -0.345. The highest BCUT2D eigenvalue weighted by molar-refractivity contribution is 14.1. The van der Waals surface area contributed by atoms with Crippen LogP contribution in [0.1, 0.15) is 94.4 Å². The summed E-state index contributed by atoms with van der Waals surface area (Å²) in [6.07, 6.45) is -5.64. The molecule has 2 unspecified atom stereocenters. The predicted molar refractivity (Wildman–Crippen MR) is 402 cm³/mol.